The fraction of sp³-hybridized carbons (Fsp3) is 0.263. The van der Waals surface area contributed by atoms with Gasteiger partial charge in [-0.2, -0.15) is 0 Å². The zero-order valence-electron chi connectivity index (χ0n) is 13.6. The number of benzene rings is 2. The van der Waals surface area contributed by atoms with Gasteiger partial charge in [0.05, 0.1) is 11.4 Å². The first-order valence-corrected chi connectivity index (χ1v) is 8.48. The number of hydrogen-bond acceptors (Lipinski definition) is 2. The predicted molar refractivity (Wildman–Crippen MR) is 94.0 cm³/mol. The summed E-state index contributed by atoms with van der Waals surface area (Å²) in [5.74, 6) is -0.685. The maximum absolute atomic E-state index is 13.2. The Labute approximate surface area is 150 Å². The van der Waals surface area contributed by atoms with E-state index < -0.39 is 5.82 Å². The zero-order chi connectivity index (χ0) is 17.8. The molecule has 0 unspecified atom stereocenters. The maximum Gasteiger partial charge on any atom is 0.254 e. The van der Waals surface area contributed by atoms with Crippen LogP contribution in [0.5, 0.6) is 0 Å². The highest BCUT2D eigenvalue weighted by atomic mass is 35.5. The molecule has 1 saturated heterocycles. The molecule has 0 bridgehead atoms. The summed E-state index contributed by atoms with van der Waals surface area (Å²) in [6, 6.07) is 13.5. The van der Waals surface area contributed by atoms with Crippen LogP contribution in [0.15, 0.2) is 48.5 Å². The zero-order valence-corrected chi connectivity index (χ0v) is 14.4. The van der Waals surface area contributed by atoms with Gasteiger partial charge in [-0.1, -0.05) is 41.9 Å². The molecule has 130 valence electrons. The van der Waals surface area contributed by atoms with E-state index >= 15 is 0 Å². The molecular weight excluding hydrogens is 343 g/mol. The van der Waals surface area contributed by atoms with Gasteiger partial charge in [0.25, 0.3) is 5.91 Å². The number of halogens is 2. The summed E-state index contributed by atoms with van der Waals surface area (Å²) < 4.78 is 13.2. The van der Waals surface area contributed by atoms with Crippen LogP contribution in [-0.2, 0) is 11.2 Å². The molecule has 25 heavy (non-hydrogen) atoms. The van der Waals surface area contributed by atoms with Gasteiger partial charge in [0.2, 0.25) is 5.91 Å². The lowest BCUT2D eigenvalue weighted by Crippen LogP contribution is -2.51. The lowest BCUT2D eigenvalue weighted by molar-refractivity contribution is -0.131. The van der Waals surface area contributed by atoms with Crippen molar-refractivity contribution in [1.82, 2.24) is 9.80 Å². The van der Waals surface area contributed by atoms with E-state index in [-0.39, 0.29) is 16.8 Å². The van der Waals surface area contributed by atoms with Gasteiger partial charge in [0.1, 0.15) is 5.82 Å². The van der Waals surface area contributed by atoms with Crippen LogP contribution >= 0.6 is 11.6 Å². The molecule has 0 N–H and O–H groups in total. The van der Waals surface area contributed by atoms with E-state index in [4.69, 9.17) is 11.6 Å². The van der Waals surface area contributed by atoms with E-state index in [0.717, 1.165) is 5.56 Å². The molecule has 3 rings (SSSR count). The van der Waals surface area contributed by atoms with Gasteiger partial charge in [-0.3, -0.25) is 9.59 Å². The Morgan fingerprint density at radius 3 is 2.24 bits per heavy atom. The minimum Gasteiger partial charge on any atom is -0.339 e. The van der Waals surface area contributed by atoms with Gasteiger partial charge in [0, 0.05) is 31.7 Å². The van der Waals surface area contributed by atoms with Crippen molar-refractivity contribution in [3.63, 3.8) is 0 Å². The molecule has 2 aromatic rings. The molecule has 0 atom stereocenters. The molecule has 0 spiro atoms. The number of carbonyl (C=O) groups is 2. The van der Waals surface area contributed by atoms with Crippen molar-refractivity contribution < 1.29 is 14.0 Å². The summed E-state index contributed by atoms with van der Waals surface area (Å²) in [5, 5.41) is -0.0671. The van der Waals surface area contributed by atoms with E-state index in [1.54, 1.807) is 9.80 Å². The largest absolute Gasteiger partial charge is 0.339 e. The van der Waals surface area contributed by atoms with Gasteiger partial charge in [-0.25, -0.2) is 4.39 Å². The molecule has 1 fully saturated rings. The number of nitrogens with zero attached hydrogens (tertiary/aromatic N) is 2. The Hall–Kier alpha value is -2.40. The fourth-order valence-corrected chi connectivity index (χ4v) is 3.03. The number of amides is 2. The maximum atomic E-state index is 13.2. The summed E-state index contributed by atoms with van der Waals surface area (Å²) in [6.07, 6.45) is 0.363. The molecular formula is C19H18ClFN2O2. The summed E-state index contributed by atoms with van der Waals surface area (Å²) in [6.45, 7) is 1.89. The summed E-state index contributed by atoms with van der Waals surface area (Å²) in [4.78, 5) is 28.3. The van der Waals surface area contributed by atoms with E-state index in [9.17, 15) is 14.0 Å². The second-order valence-electron chi connectivity index (χ2n) is 5.96. The van der Waals surface area contributed by atoms with Crippen molar-refractivity contribution in [2.24, 2.45) is 0 Å². The van der Waals surface area contributed by atoms with Crippen molar-refractivity contribution in [3.05, 3.63) is 70.5 Å². The Kier molecular flexibility index (Phi) is 5.34. The molecule has 2 amide bonds. The first-order valence-electron chi connectivity index (χ1n) is 8.10. The van der Waals surface area contributed by atoms with Gasteiger partial charge in [0.15, 0.2) is 0 Å². The average molecular weight is 361 g/mol. The van der Waals surface area contributed by atoms with Crippen LogP contribution in [0.25, 0.3) is 0 Å². The van der Waals surface area contributed by atoms with Crippen LogP contribution in [0.2, 0.25) is 5.02 Å². The van der Waals surface area contributed by atoms with Gasteiger partial charge in [-0.15, -0.1) is 0 Å². The predicted octanol–water partition coefficient (Wildman–Crippen LogP) is 3.01. The van der Waals surface area contributed by atoms with E-state index in [0.29, 0.717) is 38.2 Å². The summed E-state index contributed by atoms with van der Waals surface area (Å²) >= 11 is 5.74. The van der Waals surface area contributed by atoms with E-state index in [2.05, 4.69) is 0 Å². The summed E-state index contributed by atoms with van der Waals surface area (Å²) in [5.41, 5.74) is 1.34. The second kappa shape index (κ2) is 7.66. The summed E-state index contributed by atoms with van der Waals surface area (Å²) in [7, 11) is 0. The molecule has 0 radical (unpaired) electrons. The molecule has 6 heteroatoms. The third kappa shape index (κ3) is 4.17. The molecule has 2 aromatic carbocycles. The van der Waals surface area contributed by atoms with Crippen molar-refractivity contribution in [2.75, 3.05) is 26.2 Å². The number of carbonyl (C=O) groups excluding carboxylic acids is 2. The topological polar surface area (TPSA) is 40.6 Å². The van der Waals surface area contributed by atoms with Crippen molar-refractivity contribution >= 4 is 23.4 Å². The van der Waals surface area contributed by atoms with E-state index in [1.165, 1.54) is 18.2 Å². The van der Waals surface area contributed by atoms with E-state index in [1.807, 2.05) is 30.3 Å². The standard InChI is InChI=1S/C19H18ClFN2O2/c20-16-13-15(6-7-17(16)21)19(25)23-10-8-22(9-11-23)18(24)12-14-4-2-1-3-5-14/h1-7,13H,8-12H2. The SMILES string of the molecule is O=C(Cc1ccccc1)N1CCN(C(=O)c2ccc(F)c(Cl)c2)CC1. The minimum absolute atomic E-state index is 0.0584. The minimum atomic E-state index is -0.547. The average Bonchev–Trinajstić information content (AvgIpc) is 2.64. The lowest BCUT2D eigenvalue weighted by Gasteiger charge is -2.35. The van der Waals surface area contributed by atoms with Crippen LogP contribution in [0.1, 0.15) is 15.9 Å². The van der Waals surface area contributed by atoms with Crippen molar-refractivity contribution in [3.8, 4) is 0 Å². The third-order valence-corrected chi connectivity index (χ3v) is 4.57. The Balaban J connectivity index is 1.57. The highest BCUT2D eigenvalue weighted by molar-refractivity contribution is 6.31. The van der Waals surface area contributed by atoms with Crippen LogP contribution in [-0.4, -0.2) is 47.8 Å². The van der Waals surface area contributed by atoms with Crippen LogP contribution in [0.3, 0.4) is 0 Å². The monoisotopic (exact) mass is 360 g/mol. The van der Waals surface area contributed by atoms with Crippen LogP contribution in [0, 0.1) is 5.82 Å². The van der Waals surface area contributed by atoms with Crippen LogP contribution < -0.4 is 0 Å². The Bertz CT molecular complexity index is 774. The fourth-order valence-electron chi connectivity index (χ4n) is 2.85. The lowest BCUT2D eigenvalue weighted by atomic mass is 10.1. The van der Waals surface area contributed by atoms with Crippen molar-refractivity contribution in [1.29, 1.82) is 0 Å². The van der Waals surface area contributed by atoms with Crippen LogP contribution in [0.4, 0.5) is 4.39 Å². The molecule has 0 aliphatic carbocycles. The highest BCUT2D eigenvalue weighted by Crippen LogP contribution is 2.18. The number of piperazine rings is 1. The number of hydrogen-bond donors (Lipinski definition) is 0. The molecule has 1 aliphatic heterocycles. The number of rotatable bonds is 3. The highest BCUT2D eigenvalue weighted by Gasteiger charge is 2.25. The first-order chi connectivity index (χ1) is 12.0. The quantitative estimate of drug-likeness (QED) is 0.844. The Morgan fingerprint density at radius 1 is 0.960 bits per heavy atom. The second-order valence-corrected chi connectivity index (χ2v) is 6.37. The third-order valence-electron chi connectivity index (χ3n) is 4.28. The molecule has 0 aromatic heterocycles. The molecule has 0 saturated carbocycles. The van der Waals surface area contributed by atoms with Gasteiger partial charge < -0.3 is 9.80 Å². The van der Waals surface area contributed by atoms with Crippen molar-refractivity contribution in [2.45, 2.75) is 6.42 Å². The van der Waals surface area contributed by atoms with Gasteiger partial charge >= 0.3 is 0 Å². The molecule has 1 aliphatic rings. The molecule has 1 heterocycles. The van der Waals surface area contributed by atoms with Gasteiger partial charge in [-0.05, 0) is 23.8 Å². The first kappa shape index (κ1) is 17.4. The Morgan fingerprint density at radius 2 is 1.60 bits per heavy atom. The molecule has 4 nitrogen and oxygen atoms in total. The smallest absolute Gasteiger partial charge is 0.254 e. The normalized spacial score (nSPS) is 14.5.